The van der Waals surface area contributed by atoms with Crippen LogP contribution in [0.3, 0.4) is 0 Å². The molecule has 1 unspecified atom stereocenters. The van der Waals surface area contributed by atoms with E-state index < -0.39 is 11.5 Å². The van der Waals surface area contributed by atoms with Gasteiger partial charge in [0, 0.05) is 32.0 Å². The van der Waals surface area contributed by atoms with Crippen LogP contribution in [0, 0.1) is 0 Å². The molecule has 1 fully saturated rings. The van der Waals surface area contributed by atoms with Gasteiger partial charge in [-0.2, -0.15) is 10.1 Å². The number of aromatic nitrogens is 4. The summed E-state index contributed by atoms with van der Waals surface area (Å²) >= 11 is 0. The quantitative estimate of drug-likeness (QED) is 0.455. The van der Waals surface area contributed by atoms with E-state index in [0.29, 0.717) is 18.8 Å². The summed E-state index contributed by atoms with van der Waals surface area (Å²) in [7, 11) is 0. The number of nitrogens with one attached hydrogen (secondary N) is 2. The van der Waals surface area contributed by atoms with Crippen LogP contribution in [-0.2, 0) is 4.79 Å². The molecule has 0 aromatic carbocycles. The summed E-state index contributed by atoms with van der Waals surface area (Å²) in [4.78, 5) is 33.8. The number of primary amides is 1. The standard InChI is InChI=1S/C20H28N8O3/c1-4-16(29)27-7-5-6-14(11-27)28-10-13(8-24-28)25-19-22-9-15(17(21)30)18(26-19)23-12-20(2,3)31/h4,8-10,14,31H,1,5-7,11-12H2,2-3H3,(H2,21,30)(H2,22,23,25,26). The fraction of sp³-hybridized carbons (Fsp3) is 0.450. The van der Waals surface area contributed by atoms with Crippen LogP contribution in [0.2, 0.25) is 0 Å². The zero-order chi connectivity index (χ0) is 22.6. The monoisotopic (exact) mass is 428 g/mol. The van der Waals surface area contributed by atoms with Gasteiger partial charge in [-0.25, -0.2) is 4.98 Å². The molecule has 11 nitrogen and oxygen atoms in total. The first-order valence-corrected chi connectivity index (χ1v) is 10.0. The van der Waals surface area contributed by atoms with Gasteiger partial charge in [-0.1, -0.05) is 6.58 Å². The Hall–Kier alpha value is -3.47. The van der Waals surface area contributed by atoms with Crippen molar-refractivity contribution >= 4 is 29.3 Å². The minimum absolute atomic E-state index is 0.0652. The lowest BCUT2D eigenvalue weighted by molar-refractivity contribution is -0.127. The molecule has 0 bridgehead atoms. The highest BCUT2D eigenvalue weighted by Crippen LogP contribution is 2.24. The molecule has 0 aliphatic carbocycles. The Morgan fingerprint density at radius 2 is 2.19 bits per heavy atom. The maximum atomic E-state index is 11.9. The second-order valence-corrected chi connectivity index (χ2v) is 8.10. The fourth-order valence-corrected chi connectivity index (χ4v) is 3.29. The van der Waals surface area contributed by atoms with E-state index >= 15 is 0 Å². The van der Waals surface area contributed by atoms with Crippen LogP contribution in [0.4, 0.5) is 17.5 Å². The molecule has 3 heterocycles. The van der Waals surface area contributed by atoms with Crippen molar-refractivity contribution in [2.75, 3.05) is 30.3 Å². The summed E-state index contributed by atoms with van der Waals surface area (Å²) in [6, 6.07) is 0.0652. The first-order valence-electron chi connectivity index (χ1n) is 10.0. The molecule has 31 heavy (non-hydrogen) atoms. The van der Waals surface area contributed by atoms with Crippen molar-refractivity contribution in [3.05, 3.63) is 36.8 Å². The molecule has 0 spiro atoms. The second-order valence-electron chi connectivity index (χ2n) is 8.10. The molecule has 1 aliphatic rings. The number of carbonyl (C=O) groups excluding carboxylic acids is 2. The lowest BCUT2D eigenvalue weighted by Gasteiger charge is -2.32. The first kappa shape index (κ1) is 22.2. The predicted molar refractivity (Wildman–Crippen MR) is 116 cm³/mol. The minimum Gasteiger partial charge on any atom is -0.389 e. The Kier molecular flexibility index (Phi) is 6.54. The van der Waals surface area contributed by atoms with Gasteiger partial charge in [-0.05, 0) is 32.8 Å². The van der Waals surface area contributed by atoms with E-state index in [2.05, 4.69) is 32.3 Å². The van der Waals surface area contributed by atoms with Gasteiger partial charge in [0.05, 0.1) is 29.1 Å². The highest BCUT2D eigenvalue weighted by atomic mass is 16.3. The van der Waals surface area contributed by atoms with E-state index in [1.807, 2.05) is 10.9 Å². The molecule has 11 heteroatoms. The molecule has 5 N–H and O–H groups in total. The fourth-order valence-electron chi connectivity index (χ4n) is 3.29. The van der Waals surface area contributed by atoms with Gasteiger partial charge >= 0.3 is 0 Å². The van der Waals surface area contributed by atoms with Crippen LogP contribution in [0.25, 0.3) is 0 Å². The average molecular weight is 428 g/mol. The lowest BCUT2D eigenvalue weighted by atomic mass is 10.1. The highest BCUT2D eigenvalue weighted by Gasteiger charge is 2.24. The number of amides is 2. The van der Waals surface area contributed by atoms with Crippen molar-refractivity contribution < 1.29 is 14.7 Å². The van der Waals surface area contributed by atoms with E-state index in [9.17, 15) is 14.7 Å². The number of anilines is 3. The van der Waals surface area contributed by atoms with Crippen LogP contribution in [0.1, 0.15) is 43.1 Å². The van der Waals surface area contributed by atoms with E-state index in [-0.39, 0.29) is 35.8 Å². The molecule has 1 aliphatic heterocycles. The first-order chi connectivity index (χ1) is 14.7. The number of piperidine rings is 1. The number of hydrogen-bond acceptors (Lipinski definition) is 8. The van der Waals surface area contributed by atoms with Gasteiger partial charge in [0.25, 0.3) is 5.91 Å². The Labute approximate surface area is 180 Å². The number of nitrogens with two attached hydrogens (primary N) is 1. The Bertz CT molecular complexity index is 966. The number of hydrogen-bond donors (Lipinski definition) is 4. The number of carbonyl (C=O) groups is 2. The number of nitrogens with zero attached hydrogens (tertiary/aromatic N) is 5. The van der Waals surface area contributed by atoms with Gasteiger partial charge in [-0.3, -0.25) is 14.3 Å². The van der Waals surface area contributed by atoms with Crippen LogP contribution < -0.4 is 16.4 Å². The van der Waals surface area contributed by atoms with E-state index in [4.69, 9.17) is 5.73 Å². The number of likely N-dealkylation sites (tertiary alicyclic amines) is 1. The van der Waals surface area contributed by atoms with E-state index in [1.54, 1.807) is 24.9 Å². The summed E-state index contributed by atoms with van der Waals surface area (Å²) in [6.07, 6.45) is 7.92. The van der Waals surface area contributed by atoms with Crippen LogP contribution in [0.5, 0.6) is 0 Å². The van der Waals surface area contributed by atoms with E-state index in [1.165, 1.54) is 12.3 Å². The molecule has 0 radical (unpaired) electrons. The van der Waals surface area contributed by atoms with Crippen molar-refractivity contribution in [1.82, 2.24) is 24.6 Å². The van der Waals surface area contributed by atoms with Gasteiger partial charge in [0.1, 0.15) is 5.82 Å². The minimum atomic E-state index is -1.00. The number of aliphatic hydroxyl groups is 1. The number of rotatable bonds is 8. The third kappa shape index (κ3) is 5.79. The molecule has 2 amide bonds. The Balaban J connectivity index is 1.73. The zero-order valence-electron chi connectivity index (χ0n) is 17.7. The summed E-state index contributed by atoms with van der Waals surface area (Å²) < 4.78 is 1.82. The van der Waals surface area contributed by atoms with Crippen LogP contribution in [0.15, 0.2) is 31.2 Å². The third-order valence-corrected chi connectivity index (χ3v) is 4.86. The van der Waals surface area contributed by atoms with Crippen molar-refractivity contribution in [3.63, 3.8) is 0 Å². The molecule has 166 valence electrons. The topological polar surface area (TPSA) is 151 Å². The summed E-state index contributed by atoms with van der Waals surface area (Å²) in [5.41, 5.74) is 5.18. The van der Waals surface area contributed by atoms with Gasteiger partial charge in [-0.15, -0.1) is 0 Å². The largest absolute Gasteiger partial charge is 0.389 e. The molecule has 2 aromatic rings. The molecule has 2 aromatic heterocycles. The maximum Gasteiger partial charge on any atom is 0.254 e. The van der Waals surface area contributed by atoms with Crippen LogP contribution >= 0.6 is 0 Å². The van der Waals surface area contributed by atoms with Gasteiger partial charge in [0.15, 0.2) is 0 Å². The lowest BCUT2D eigenvalue weighted by Crippen LogP contribution is -2.39. The van der Waals surface area contributed by atoms with E-state index in [0.717, 1.165) is 12.8 Å². The normalized spacial score (nSPS) is 16.6. The second kappa shape index (κ2) is 9.13. The zero-order valence-corrected chi connectivity index (χ0v) is 17.7. The molecule has 1 saturated heterocycles. The molecular weight excluding hydrogens is 400 g/mol. The van der Waals surface area contributed by atoms with Crippen LogP contribution in [-0.4, -0.2) is 66.8 Å². The average Bonchev–Trinajstić information content (AvgIpc) is 3.19. The highest BCUT2D eigenvalue weighted by molar-refractivity contribution is 5.97. The van der Waals surface area contributed by atoms with Gasteiger partial charge in [0.2, 0.25) is 11.9 Å². The molecule has 3 rings (SSSR count). The smallest absolute Gasteiger partial charge is 0.254 e. The summed E-state index contributed by atoms with van der Waals surface area (Å²) in [5.74, 6) is -0.280. The van der Waals surface area contributed by atoms with Gasteiger partial charge < -0.3 is 26.4 Å². The van der Waals surface area contributed by atoms with Crippen molar-refractivity contribution in [3.8, 4) is 0 Å². The molecular formula is C20H28N8O3. The third-order valence-electron chi connectivity index (χ3n) is 4.86. The van der Waals surface area contributed by atoms with Crippen molar-refractivity contribution in [1.29, 1.82) is 0 Å². The molecule has 1 atom stereocenters. The Morgan fingerprint density at radius 3 is 2.87 bits per heavy atom. The summed E-state index contributed by atoms with van der Waals surface area (Å²) in [5, 5.41) is 20.3. The SMILES string of the molecule is C=CC(=O)N1CCCC(n2cc(Nc3ncc(C(N)=O)c(NCC(C)(C)O)n3)cn2)C1. The predicted octanol–water partition coefficient (Wildman–Crippen LogP) is 1.05. The Morgan fingerprint density at radius 1 is 1.42 bits per heavy atom. The molecule has 0 saturated carbocycles. The maximum absolute atomic E-state index is 11.9. The van der Waals surface area contributed by atoms with Crippen molar-refractivity contribution in [2.24, 2.45) is 5.73 Å². The summed E-state index contributed by atoms with van der Waals surface area (Å²) in [6.45, 7) is 8.27. The van der Waals surface area contributed by atoms with Crippen molar-refractivity contribution in [2.45, 2.75) is 38.3 Å².